The van der Waals surface area contributed by atoms with E-state index in [1.165, 1.54) is 5.56 Å². The lowest BCUT2D eigenvalue weighted by Crippen LogP contribution is -2.12. The molecular weight excluding hydrogens is 196 g/mol. The van der Waals surface area contributed by atoms with Crippen LogP contribution in [-0.2, 0) is 5.41 Å². The van der Waals surface area contributed by atoms with Gasteiger partial charge in [-0.15, -0.1) is 0 Å². The summed E-state index contributed by atoms with van der Waals surface area (Å²) in [6.45, 7) is 10.6. The van der Waals surface area contributed by atoms with E-state index in [1.807, 2.05) is 38.4 Å². The highest BCUT2D eigenvalue weighted by Gasteiger charge is 2.17. The minimum Gasteiger partial charge on any atom is -0.255 e. The Balaban J connectivity index is 0.000000606. The van der Waals surface area contributed by atoms with Crippen LogP contribution in [0.1, 0.15) is 40.2 Å². The summed E-state index contributed by atoms with van der Waals surface area (Å²) in [4.78, 5) is 8.68. The van der Waals surface area contributed by atoms with Gasteiger partial charge in [0.2, 0.25) is 0 Å². The Kier molecular flexibility index (Phi) is 3.99. The Bertz CT molecular complexity index is 450. The Morgan fingerprint density at radius 2 is 1.62 bits per heavy atom. The van der Waals surface area contributed by atoms with E-state index in [0.717, 1.165) is 11.0 Å². The van der Waals surface area contributed by atoms with Crippen molar-refractivity contribution in [2.45, 2.75) is 40.0 Å². The first-order chi connectivity index (χ1) is 7.59. The molecule has 2 aromatic rings. The predicted octanol–water partition coefficient (Wildman–Crippen LogP) is 3.95. The van der Waals surface area contributed by atoms with Crippen molar-refractivity contribution >= 4 is 11.0 Å². The molecule has 2 rings (SSSR count). The van der Waals surface area contributed by atoms with Gasteiger partial charge in [-0.1, -0.05) is 34.6 Å². The van der Waals surface area contributed by atoms with E-state index >= 15 is 0 Å². The number of fused-ring (bicyclic) bond motifs is 1. The molecule has 0 aliphatic heterocycles. The standard InChI is InChI=1S/C12H14N2.C2H6/c1-12(2,3)9-6-8-13-10-5-4-7-14-11(9)10;1-2/h4-8H,1-3H3;1-2H3. The van der Waals surface area contributed by atoms with Crippen LogP contribution in [0.4, 0.5) is 0 Å². The highest BCUT2D eigenvalue weighted by Crippen LogP contribution is 2.26. The van der Waals surface area contributed by atoms with Crippen molar-refractivity contribution in [1.82, 2.24) is 9.97 Å². The molecule has 2 nitrogen and oxygen atoms in total. The van der Waals surface area contributed by atoms with Gasteiger partial charge in [-0.25, -0.2) is 0 Å². The fraction of sp³-hybridized carbons (Fsp3) is 0.429. The van der Waals surface area contributed by atoms with Gasteiger partial charge in [0.15, 0.2) is 0 Å². The van der Waals surface area contributed by atoms with E-state index in [1.54, 1.807) is 0 Å². The average molecular weight is 216 g/mol. The summed E-state index contributed by atoms with van der Waals surface area (Å²) in [7, 11) is 0. The zero-order valence-electron chi connectivity index (χ0n) is 10.8. The molecule has 0 atom stereocenters. The first kappa shape index (κ1) is 12.6. The fourth-order valence-electron chi connectivity index (χ4n) is 1.58. The van der Waals surface area contributed by atoms with Crippen LogP contribution in [0, 0.1) is 0 Å². The average Bonchev–Trinajstić information content (AvgIpc) is 2.30. The summed E-state index contributed by atoms with van der Waals surface area (Å²) in [6.07, 6.45) is 3.67. The third kappa shape index (κ3) is 2.57. The second-order valence-electron chi connectivity index (χ2n) is 4.48. The van der Waals surface area contributed by atoms with Crippen LogP contribution in [0.15, 0.2) is 30.6 Å². The zero-order chi connectivity index (χ0) is 12.2. The monoisotopic (exact) mass is 216 g/mol. The van der Waals surface area contributed by atoms with Crippen molar-refractivity contribution in [2.24, 2.45) is 0 Å². The molecule has 0 aromatic carbocycles. The Morgan fingerprint density at radius 1 is 0.938 bits per heavy atom. The van der Waals surface area contributed by atoms with E-state index in [2.05, 4.69) is 36.8 Å². The maximum absolute atomic E-state index is 4.39. The normalized spacial score (nSPS) is 10.8. The van der Waals surface area contributed by atoms with Crippen molar-refractivity contribution in [3.05, 3.63) is 36.2 Å². The third-order valence-electron chi connectivity index (χ3n) is 2.30. The van der Waals surface area contributed by atoms with Crippen molar-refractivity contribution in [3.8, 4) is 0 Å². The molecular formula is C14H20N2. The quantitative estimate of drug-likeness (QED) is 0.666. The molecule has 2 heterocycles. The summed E-state index contributed by atoms with van der Waals surface area (Å²) in [5, 5.41) is 0. The lowest BCUT2D eigenvalue weighted by atomic mass is 9.86. The lowest BCUT2D eigenvalue weighted by molar-refractivity contribution is 0.594. The minimum atomic E-state index is 0.121. The van der Waals surface area contributed by atoms with Gasteiger partial charge >= 0.3 is 0 Å². The summed E-state index contributed by atoms with van der Waals surface area (Å²) in [6, 6.07) is 5.97. The Hall–Kier alpha value is -1.44. The van der Waals surface area contributed by atoms with Crippen LogP contribution in [-0.4, -0.2) is 9.97 Å². The number of pyridine rings is 2. The molecule has 0 saturated heterocycles. The van der Waals surface area contributed by atoms with Gasteiger partial charge in [-0.2, -0.15) is 0 Å². The maximum Gasteiger partial charge on any atom is 0.0923 e. The highest BCUT2D eigenvalue weighted by atomic mass is 14.7. The van der Waals surface area contributed by atoms with Crippen LogP contribution in [0.3, 0.4) is 0 Å². The van der Waals surface area contributed by atoms with Crippen molar-refractivity contribution in [1.29, 1.82) is 0 Å². The number of rotatable bonds is 0. The second kappa shape index (κ2) is 5.06. The van der Waals surface area contributed by atoms with E-state index < -0.39 is 0 Å². The van der Waals surface area contributed by atoms with Gasteiger partial charge in [-0.05, 0) is 29.2 Å². The second-order valence-corrected chi connectivity index (χ2v) is 4.48. The molecule has 0 amide bonds. The van der Waals surface area contributed by atoms with E-state index in [0.29, 0.717) is 0 Å². The van der Waals surface area contributed by atoms with Crippen molar-refractivity contribution in [3.63, 3.8) is 0 Å². The topological polar surface area (TPSA) is 25.8 Å². The molecule has 2 heteroatoms. The molecule has 0 saturated carbocycles. The van der Waals surface area contributed by atoms with Gasteiger partial charge in [0.25, 0.3) is 0 Å². The third-order valence-corrected chi connectivity index (χ3v) is 2.30. The van der Waals surface area contributed by atoms with Crippen LogP contribution in [0.5, 0.6) is 0 Å². The predicted molar refractivity (Wildman–Crippen MR) is 69.6 cm³/mol. The zero-order valence-corrected chi connectivity index (χ0v) is 10.8. The van der Waals surface area contributed by atoms with Crippen molar-refractivity contribution < 1.29 is 0 Å². The van der Waals surface area contributed by atoms with Gasteiger partial charge in [0.1, 0.15) is 0 Å². The number of aromatic nitrogens is 2. The molecule has 16 heavy (non-hydrogen) atoms. The first-order valence-corrected chi connectivity index (χ1v) is 5.79. The maximum atomic E-state index is 4.39. The van der Waals surface area contributed by atoms with E-state index in [4.69, 9.17) is 0 Å². The molecule has 86 valence electrons. The number of hydrogen-bond donors (Lipinski definition) is 0. The van der Waals surface area contributed by atoms with Crippen LogP contribution in [0.2, 0.25) is 0 Å². The molecule has 0 aliphatic carbocycles. The summed E-state index contributed by atoms with van der Waals surface area (Å²) < 4.78 is 0. The van der Waals surface area contributed by atoms with Crippen LogP contribution < -0.4 is 0 Å². The largest absolute Gasteiger partial charge is 0.255 e. The van der Waals surface area contributed by atoms with Gasteiger partial charge in [0, 0.05) is 12.4 Å². The van der Waals surface area contributed by atoms with Gasteiger partial charge in [-0.3, -0.25) is 9.97 Å². The Morgan fingerprint density at radius 3 is 2.25 bits per heavy atom. The molecule has 0 bridgehead atoms. The van der Waals surface area contributed by atoms with Gasteiger partial charge < -0.3 is 0 Å². The van der Waals surface area contributed by atoms with Crippen LogP contribution >= 0.6 is 0 Å². The summed E-state index contributed by atoms with van der Waals surface area (Å²) in [5.74, 6) is 0. The fourth-order valence-corrected chi connectivity index (χ4v) is 1.58. The number of hydrogen-bond acceptors (Lipinski definition) is 2. The van der Waals surface area contributed by atoms with Crippen LogP contribution in [0.25, 0.3) is 11.0 Å². The first-order valence-electron chi connectivity index (χ1n) is 5.79. The molecule has 2 aromatic heterocycles. The smallest absolute Gasteiger partial charge is 0.0923 e. The molecule has 0 radical (unpaired) electrons. The molecule has 0 fully saturated rings. The van der Waals surface area contributed by atoms with E-state index in [9.17, 15) is 0 Å². The van der Waals surface area contributed by atoms with Gasteiger partial charge in [0.05, 0.1) is 11.0 Å². The lowest BCUT2D eigenvalue weighted by Gasteiger charge is -2.19. The van der Waals surface area contributed by atoms with Crippen molar-refractivity contribution in [2.75, 3.05) is 0 Å². The molecule has 0 aliphatic rings. The highest BCUT2D eigenvalue weighted by molar-refractivity contribution is 5.78. The summed E-state index contributed by atoms with van der Waals surface area (Å²) >= 11 is 0. The SMILES string of the molecule is CC.CC(C)(C)c1ccnc2cccnc12. The number of nitrogens with zero attached hydrogens (tertiary/aromatic N) is 2. The van der Waals surface area contributed by atoms with E-state index in [-0.39, 0.29) is 5.41 Å². The Labute approximate surface area is 97.7 Å². The molecule has 0 spiro atoms. The molecule has 0 unspecified atom stereocenters. The molecule has 0 N–H and O–H groups in total. The minimum absolute atomic E-state index is 0.121. The summed E-state index contributed by atoms with van der Waals surface area (Å²) in [5.41, 5.74) is 3.36.